The number of pyridine rings is 1. The van der Waals surface area contributed by atoms with Gasteiger partial charge >= 0.3 is 5.97 Å². The van der Waals surface area contributed by atoms with E-state index in [0.717, 1.165) is 45.3 Å². The van der Waals surface area contributed by atoms with E-state index in [-0.39, 0.29) is 36.6 Å². The number of hydrogen-bond donors (Lipinski definition) is 2. The number of halogens is 2. The molecule has 4 rings (SSSR count). The normalized spacial score (nSPS) is 17.2. The summed E-state index contributed by atoms with van der Waals surface area (Å²) in [5.74, 6) is -0.392. The Morgan fingerprint density at radius 2 is 1.84 bits per heavy atom. The van der Waals surface area contributed by atoms with Crippen LogP contribution in [-0.4, -0.2) is 16.1 Å². The number of rotatable bonds is 6. The summed E-state index contributed by atoms with van der Waals surface area (Å²) in [6.45, 7) is 6.90. The number of benzene rings is 2. The Hall–Kier alpha value is -2.14. The minimum atomic E-state index is -0.707. The maximum atomic E-state index is 11.3. The van der Waals surface area contributed by atoms with Crippen molar-refractivity contribution >= 4 is 41.7 Å². The van der Waals surface area contributed by atoms with Crippen LogP contribution in [-0.2, 0) is 17.8 Å². The predicted octanol–water partition coefficient (Wildman–Crippen LogP) is 5.90. The van der Waals surface area contributed by atoms with Gasteiger partial charge in [0.25, 0.3) is 0 Å². The van der Waals surface area contributed by atoms with Crippen LogP contribution in [0.5, 0.6) is 0 Å². The van der Waals surface area contributed by atoms with Crippen LogP contribution in [0.1, 0.15) is 48.6 Å². The minimum Gasteiger partial charge on any atom is -0.481 e. The molecule has 1 aromatic heterocycles. The van der Waals surface area contributed by atoms with Gasteiger partial charge in [0.2, 0.25) is 0 Å². The third kappa shape index (κ3) is 5.03. The fourth-order valence-corrected chi connectivity index (χ4v) is 4.26. The zero-order chi connectivity index (χ0) is 20.7. The quantitative estimate of drug-likeness (QED) is 0.479. The van der Waals surface area contributed by atoms with E-state index >= 15 is 0 Å². The zero-order valence-electron chi connectivity index (χ0n) is 18.1. The third-order valence-electron chi connectivity index (χ3n) is 5.88. The third-order valence-corrected chi connectivity index (χ3v) is 5.88. The van der Waals surface area contributed by atoms with Crippen molar-refractivity contribution in [2.24, 2.45) is 17.6 Å². The number of carboxylic acids is 1. The summed E-state index contributed by atoms with van der Waals surface area (Å²) in [6.07, 6.45) is 1.59. The summed E-state index contributed by atoms with van der Waals surface area (Å²) in [5, 5.41) is 10.4. The van der Waals surface area contributed by atoms with Gasteiger partial charge in [-0.1, -0.05) is 49.7 Å². The summed E-state index contributed by atoms with van der Waals surface area (Å²) in [4.78, 5) is 16.3. The van der Waals surface area contributed by atoms with E-state index in [2.05, 4.69) is 51.1 Å². The van der Waals surface area contributed by atoms with E-state index in [1.807, 2.05) is 12.1 Å². The molecule has 0 saturated heterocycles. The number of aromatic nitrogens is 1. The number of fused-ring (bicyclic) bond motifs is 1. The van der Waals surface area contributed by atoms with Crippen LogP contribution in [0.2, 0.25) is 0 Å². The first-order valence-electron chi connectivity index (χ1n) is 10.3. The molecule has 0 bridgehead atoms. The molecule has 4 nitrogen and oxygen atoms in total. The Kier molecular flexibility index (Phi) is 8.09. The van der Waals surface area contributed by atoms with Gasteiger partial charge in [-0.25, -0.2) is 0 Å². The van der Waals surface area contributed by atoms with Gasteiger partial charge < -0.3 is 10.8 Å². The van der Waals surface area contributed by atoms with Crippen molar-refractivity contribution in [2.45, 2.75) is 46.1 Å². The van der Waals surface area contributed by atoms with Gasteiger partial charge in [-0.3, -0.25) is 9.78 Å². The first-order valence-corrected chi connectivity index (χ1v) is 10.3. The SMILES string of the molecule is Cc1ccc(-c2c(CN)c(CC(C)C)nc3ccc(C4CC4C(=O)O)cc23)cc1.Cl.Cl. The summed E-state index contributed by atoms with van der Waals surface area (Å²) >= 11 is 0. The van der Waals surface area contributed by atoms with E-state index in [4.69, 9.17) is 10.7 Å². The summed E-state index contributed by atoms with van der Waals surface area (Å²) in [7, 11) is 0. The molecule has 166 valence electrons. The van der Waals surface area contributed by atoms with Crippen molar-refractivity contribution in [1.82, 2.24) is 4.98 Å². The highest BCUT2D eigenvalue weighted by atomic mass is 35.5. The van der Waals surface area contributed by atoms with Crippen molar-refractivity contribution < 1.29 is 9.90 Å². The Balaban J connectivity index is 0.00000171. The molecule has 2 atom stereocenters. The molecule has 3 aromatic rings. The molecule has 31 heavy (non-hydrogen) atoms. The van der Waals surface area contributed by atoms with E-state index in [1.165, 1.54) is 5.56 Å². The number of carboxylic acid groups (broad SMARTS) is 1. The molecular weight excluding hydrogens is 431 g/mol. The molecule has 1 aliphatic carbocycles. The molecular formula is C25H30Cl2N2O2. The van der Waals surface area contributed by atoms with Crippen molar-refractivity contribution in [1.29, 1.82) is 0 Å². The Morgan fingerprint density at radius 3 is 2.39 bits per heavy atom. The van der Waals surface area contributed by atoms with E-state index < -0.39 is 5.97 Å². The lowest BCUT2D eigenvalue weighted by Gasteiger charge is -2.18. The monoisotopic (exact) mass is 460 g/mol. The predicted molar refractivity (Wildman–Crippen MR) is 131 cm³/mol. The molecule has 2 aromatic carbocycles. The number of hydrogen-bond acceptors (Lipinski definition) is 3. The Labute approximate surface area is 196 Å². The fraction of sp³-hybridized carbons (Fsp3) is 0.360. The Morgan fingerprint density at radius 1 is 1.16 bits per heavy atom. The van der Waals surface area contributed by atoms with Gasteiger partial charge in [0.05, 0.1) is 11.4 Å². The molecule has 0 amide bonds. The van der Waals surface area contributed by atoms with Crippen LogP contribution in [0.15, 0.2) is 42.5 Å². The first kappa shape index (κ1) is 25.1. The molecule has 1 fully saturated rings. The van der Waals surface area contributed by atoms with Gasteiger partial charge in [0.1, 0.15) is 0 Å². The fourth-order valence-electron chi connectivity index (χ4n) is 4.26. The molecule has 0 aliphatic heterocycles. The summed E-state index contributed by atoms with van der Waals surface area (Å²) in [6, 6.07) is 14.8. The number of nitrogens with zero attached hydrogens (tertiary/aromatic N) is 1. The van der Waals surface area contributed by atoms with Crippen LogP contribution < -0.4 is 5.73 Å². The van der Waals surface area contributed by atoms with Crippen LogP contribution in [0, 0.1) is 18.8 Å². The smallest absolute Gasteiger partial charge is 0.307 e. The van der Waals surface area contributed by atoms with Crippen molar-refractivity contribution in [3.05, 3.63) is 64.8 Å². The second-order valence-electron chi connectivity index (χ2n) is 8.64. The molecule has 0 radical (unpaired) electrons. The van der Waals surface area contributed by atoms with Crippen LogP contribution >= 0.6 is 24.8 Å². The average Bonchev–Trinajstić information content (AvgIpc) is 3.48. The molecule has 3 N–H and O–H groups in total. The molecule has 2 unspecified atom stereocenters. The van der Waals surface area contributed by atoms with E-state index in [9.17, 15) is 9.90 Å². The molecule has 1 aliphatic rings. The van der Waals surface area contributed by atoms with Gasteiger partial charge in [-0.15, -0.1) is 24.8 Å². The summed E-state index contributed by atoms with van der Waals surface area (Å²) < 4.78 is 0. The standard InChI is InChI=1S/C25H28N2O2.2ClH/c1-14(2)10-23-21(13-26)24(16-6-4-15(3)5-7-16)20-11-17(8-9-22(20)27-23)18-12-19(18)25(28)29;;/h4-9,11,14,18-19H,10,12-13,26H2,1-3H3,(H,28,29);2*1H. The molecule has 1 heterocycles. The van der Waals surface area contributed by atoms with Crippen molar-refractivity contribution in [2.75, 3.05) is 0 Å². The van der Waals surface area contributed by atoms with E-state index in [0.29, 0.717) is 18.9 Å². The zero-order valence-corrected chi connectivity index (χ0v) is 19.7. The average molecular weight is 461 g/mol. The van der Waals surface area contributed by atoms with Gasteiger partial charge in [-0.2, -0.15) is 0 Å². The highest BCUT2D eigenvalue weighted by Gasteiger charge is 2.44. The van der Waals surface area contributed by atoms with Gasteiger partial charge in [-0.05, 0) is 66.0 Å². The highest BCUT2D eigenvalue weighted by molar-refractivity contribution is 5.97. The second-order valence-corrected chi connectivity index (χ2v) is 8.64. The van der Waals surface area contributed by atoms with Crippen molar-refractivity contribution in [3.63, 3.8) is 0 Å². The topological polar surface area (TPSA) is 76.2 Å². The molecule has 0 spiro atoms. The van der Waals surface area contributed by atoms with Crippen LogP contribution in [0.25, 0.3) is 22.0 Å². The van der Waals surface area contributed by atoms with Crippen LogP contribution in [0.3, 0.4) is 0 Å². The maximum absolute atomic E-state index is 11.3. The largest absolute Gasteiger partial charge is 0.481 e. The van der Waals surface area contributed by atoms with Crippen molar-refractivity contribution in [3.8, 4) is 11.1 Å². The van der Waals surface area contributed by atoms with Crippen LogP contribution in [0.4, 0.5) is 0 Å². The highest BCUT2D eigenvalue weighted by Crippen LogP contribution is 2.48. The lowest BCUT2D eigenvalue weighted by molar-refractivity contribution is -0.138. The number of aliphatic carboxylic acids is 1. The van der Waals surface area contributed by atoms with Gasteiger partial charge in [0, 0.05) is 17.6 Å². The lowest BCUT2D eigenvalue weighted by atomic mass is 9.90. The lowest BCUT2D eigenvalue weighted by Crippen LogP contribution is -2.10. The Bertz CT molecular complexity index is 1080. The minimum absolute atomic E-state index is 0. The first-order chi connectivity index (χ1) is 13.9. The maximum Gasteiger partial charge on any atom is 0.307 e. The number of carbonyl (C=O) groups is 1. The number of aryl methyl sites for hydroxylation is 1. The molecule has 1 saturated carbocycles. The molecule has 6 heteroatoms. The van der Waals surface area contributed by atoms with Gasteiger partial charge in [0.15, 0.2) is 0 Å². The van der Waals surface area contributed by atoms with E-state index in [1.54, 1.807) is 0 Å². The second kappa shape index (κ2) is 9.99. The number of nitrogens with two attached hydrogens (primary N) is 1. The summed E-state index contributed by atoms with van der Waals surface area (Å²) in [5.41, 5.74) is 13.9.